The number of nitrogens with one attached hydrogen (secondary N) is 1. The van der Waals surface area contributed by atoms with Crippen molar-refractivity contribution in [3.63, 3.8) is 0 Å². The number of anilines is 1. The molecule has 21 heavy (non-hydrogen) atoms. The van der Waals surface area contributed by atoms with Gasteiger partial charge in [-0.05, 0) is 88.2 Å². The van der Waals surface area contributed by atoms with Crippen molar-refractivity contribution in [3.8, 4) is 0 Å². The van der Waals surface area contributed by atoms with E-state index in [0.717, 1.165) is 19.1 Å². The Balaban J connectivity index is 1.83. The molecule has 1 aromatic carbocycles. The van der Waals surface area contributed by atoms with E-state index in [1.54, 1.807) is 10.4 Å². The zero-order valence-electron chi connectivity index (χ0n) is 11.7. The van der Waals surface area contributed by atoms with Crippen molar-refractivity contribution < 1.29 is 0 Å². The molecule has 1 N–H and O–H groups in total. The van der Waals surface area contributed by atoms with Crippen molar-refractivity contribution in [1.29, 1.82) is 0 Å². The average Bonchev–Trinajstić information content (AvgIpc) is 2.86. The maximum atomic E-state index is 3.64. The molecule has 1 aliphatic rings. The van der Waals surface area contributed by atoms with Crippen molar-refractivity contribution >= 4 is 64.8 Å². The van der Waals surface area contributed by atoms with Crippen LogP contribution in [0.1, 0.15) is 41.1 Å². The molecule has 1 heterocycles. The van der Waals surface area contributed by atoms with Crippen molar-refractivity contribution in [2.75, 3.05) is 5.32 Å². The van der Waals surface area contributed by atoms with Gasteiger partial charge in [-0.15, -0.1) is 11.3 Å². The minimum atomic E-state index is 0.314. The zero-order chi connectivity index (χ0) is 15.0. The zero-order valence-corrected chi connectivity index (χ0v) is 17.3. The van der Waals surface area contributed by atoms with Gasteiger partial charge < -0.3 is 5.32 Å². The third-order valence-electron chi connectivity index (χ3n) is 3.81. The predicted octanol–water partition coefficient (Wildman–Crippen LogP) is 7.09. The molecule has 1 unspecified atom stereocenters. The van der Waals surface area contributed by atoms with Crippen LogP contribution in [-0.2, 0) is 12.8 Å². The van der Waals surface area contributed by atoms with Crippen molar-refractivity contribution in [2.24, 2.45) is 0 Å². The molecule has 0 fully saturated rings. The maximum absolute atomic E-state index is 3.64. The molecule has 0 saturated carbocycles. The van der Waals surface area contributed by atoms with Crippen molar-refractivity contribution in [1.82, 2.24) is 0 Å². The van der Waals surface area contributed by atoms with Crippen LogP contribution in [0.15, 0.2) is 31.6 Å². The van der Waals surface area contributed by atoms with E-state index in [1.807, 2.05) is 11.3 Å². The molecule has 0 aliphatic heterocycles. The molecule has 0 spiro atoms. The Hall–Kier alpha value is 0.160. The summed E-state index contributed by atoms with van der Waals surface area (Å²) < 4.78 is 3.19. The highest BCUT2D eigenvalue weighted by Gasteiger charge is 2.18. The van der Waals surface area contributed by atoms with E-state index in [-0.39, 0.29) is 0 Å². The van der Waals surface area contributed by atoms with Crippen LogP contribution >= 0.6 is 59.1 Å². The number of benzene rings is 1. The van der Waals surface area contributed by atoms with Gasteiger partial charge in [0.15, 0.2) is 0 Å². The Morgan fingerprint density at radius 1 is 1.05 bits per heavy atom. The molecule has 0 radical (unpaired) electrons. The lowest BCUT2D eigenvalue weighted by molar-refractivity contribution is 0.696. The number of fused-ring (bicyclic) bond motifs is 1. The van der Waals surface area contributed by atoms with E-state index in [4.69, 9.17) is 0 Å². The minimum absolute atomic E-state index is 0.314. The molecule has 0 amide bonds. The summed E-state index contributed by atoms with van der Waals surface area (Å²) in [6.45, 7) is 2.23. The molecule has 3 rings (SSSR count). The molecule has 1 atom stereocenters. The average molecular weight is 494 g/mol. The molecule has 0 bridgehead atoms. The fourth-order valence-corrected chi connectivity index (χ4v) is 6.44. The number of aryl methyl sites for hydroxylation is 2. The summed E-state index contributed by atoms with van der Waals surface area (Å²) in [5.74, 6) is 0. The largest absolute Gasteiger partial charge is 0.376 e. The Morgan fingerprint density at radius 2 is 1.71 bits per heavy atom. The van der Waals surface area contributed by atoms with Crippen LogP contribution in [0.4, 0.5) is 5.69 Å². The van der Waals surface area contributed by atoms with Gasteiger partial charge in [-0.25, -0.2) is 0 Å². The smallest absolute Gasteiger partial charge is 0.0634 e. The first-order valence-corrected chi connectivity index (χ1v) is 10.3. The Morgan fingerprint density at radius 3 is 2.38 bits per heavy atom. The first-order valence-electron chi connectivity index (χ1n) is 7.07. The quantitative estimate of drug-likeness (QED) is 0.481. The lowest BCUT2D eigenvalue weighted by Gasteiger charge is -2.17. The van der Waals surface area contributed by atoms with Crippen molar-refractivity contribution in [2.45, 2.75) is 38.6 Å². The van der Waals surface area contributed by atoms with Gasteiger partial charge in [0, 0.05) is 23.2 Å². The summed E-state index contributed by atoms with van der Waals surface area (Å²) in [5.41, 5.74) is 2.68. The summed E-state index contributed by atoms with van der Waals surface area (Å²) in [5, 5.41) is 3.63. The molecule has 1 nitrogen and oxygen atoms in total. The van der Waals surface area contributed by atoms with Gasteiger partial charge in [0.1, 0.15) is 0 Å². The lowest BCUT2D eigenvalue weighted by Crippen LogP contribution is -2.06. The van der Waals surface area contributed by atoms with Gasteiger partial charge in [0.25, 0.3) is 0 Å². The highest BCUT2D eigenvalue weighted by molar-refractivity contribution is 9.11. The third kappa shape index (κ3) is 3.57. The summed E-state index contributed by atoms with van der Waals surface area (Å²) in [7, 11) is 0. The molecule has 112 valence electrons. The topological polar surface area (TPSA) is 12.0 Å². The standard InChI is InChI=1S/C16H16Br3NS/c1-9(15-6-10-4-2-3-5-14(10)21-15)20-16-12(18)7-11(17)8-13(16)19/h6-9,20H,2-5H2,1H3. The predicted molar refractivity (Wildman–Crippen MR) is 103 cm³/mol. The van der Waals surface area contributed by atoms with Crippen LogP contribution < -0.4 is 5.32 Å². The molecule has 5 heteroatoms. The van der Waals surface area contributed by atoms with E-state index in [9.17, 15) is 0 Å². The van der Waals surface area contributed by atoms with Crippen LogP contribution in [0.2, 0.25) is 0 Å². The van der Waals surface area contributed by atoms with Crippen LogP contribution in [0.3, 0.4) is 0 Å². The number of hydrogen-bond donors (Lipinski definition) is 1. The summed E-state index contributed by atoms with van der Waals surface area (Å²) >= 11 is 12.8. The number of rotatable bonds is 3. The van der Waals surface area contributed by atoms with Gasteiger partial charge >= 0.3 is 0 Å². The summed E-state index contributed by atoms with van der Waals surface area (Å²) in [6.07, 6.45) is 5.20. The summed E-state index contributed by atoms with van der Waals surface area (Å²) in [4.78, 5) is 3.03. The lowest BCUT2D eigenvalue weighted by atomic mass is 9.99. The number of thiophene rings is 1. The van der Waals surface area contributed by atoms with E-state index in [0.29, 0.717) is 6.04 Å². The summed E-state index contributed by atoms with van der Waals surface area (Å²) in [6, 6.07) is 6.85. The van der Waals surface area contributed by atoms with Gasteiger partial charge in [0.05, 0.1) is 11.7 Å². The Labute approximate surface area is 154 Å². The molecule has 2 aromatic rings. The minimum Gasteiger partial charge on any atom is -0.376 e. The van der Waals surface area contributed by atoms with Crippen LogP contribution in [0.25, 0.3) is 0 Å². The molecular weight excluding hydrogens is 478 g/mol. The van der Waals surface area contributed by atoms with Crippen LogP contribution in [0.5, 0.6) is 0 Å². The van der Waals surface area contributed by atoms with Gasteiger partial charge in [-0.3, -0.25) is 0 Å². The van der Waals surface area contributed by atoms with E-state index >= 15 is 0 Å². The van der Waals surface area contributed by atoms with E-state index in [1.165, 1.54) is 30.6 Å². The fourth-order valence-electron chi connectivity index (χ4n) is 2.69. The van der Waals surface area contributed by atoms with Crippen LogP contribution in [-0.4, -0.2) is 0 Å². The second kappa shape index (κ2) is 6.73. The highest BCUT2D eigenvalue weighted by Crippen LogP contribution is 2.39. The molecular formula is C16H16Br3NS. The third-order valence-corrected chi connectivity index (χ3v) is 6.94. The fraction of sp³-hybridized carbons (Fsp3) is 0.375. The first kappa shape index (κ1) is 16.0. The second-order valence-corrected chi connectivity index (χ2v) is 9.21. The Kier molecular flexibility index (Phi) is 5.14. The normalized spacial score (nSPS) is 15.6. The van der Waals surface area contributed by atoms with Gasteiger partial charge in [-0.2, -0.15) is 0 Å². The van der Waals surface area contributed by atoms with Gasteiger partial charge in [-0.1, -0.05) is 15.9 Å². The number of hydrogen-bond acceptors (Lipinski definition) is 2. The van der Waals surface area contributed by atoms with Crippen molar-refractivity contribution in [3.05, 3.63) is 46.9 Å². The molecule has 1 aromatic heterocycles. The first-order chi connectivity index (χ1) is 10.0. The SMILES string of the molecule is CC(Nc1c(Br)cc(Br)cc1Br)c1cc2c(s1)CCCC2. The monoisotopic (exact) mass is 491 g/mol. The van der Waals surface area contributed by atoms with Gasteiger partial charge in [0.2, 0.25) is 0 Å². The Bertz CT molecular complexity index is 619. The van der Waals surface area contributed by atoms with Crippen LogP contribution in [0, 0.1) is 0 Å². The maximum Gasteiger partial charge on any atom is 0.0634 e. The number of halogens is 3. The van der Waals surface area contributed by atoms with E-state index < -0.39 is 0 Å². The molecule has 1 aliphatic carbocycles. The molecule has 0 saturated heterocycles. The second-order valence-electron chi connectivity index (χ2n) is 5.41. The van der Waals surface area contributed by atoms with E-state index in [2.05, 4.69) is 78.2 Å². The highest BCUT2D eigenvalue weighted by atomic mass is 79.9.